The molecule has 0 fully saturated rings. The van der Waals surface area contributed by atoms with Gasteiger partial charge in [0.1, 0.15) is 0 Å². The van der Waals surface area contributed by atoms with Gasteiger partial charge in [0.15, 0.2) is 0 Å². The van der Waals surface area contributed by atoms with E-state index in [9.17, 15) is 0 Å². The number of rotatable bonds is 5. The second kappa shape index (κ2) is 6.14. The summed E-state index contributed by atoms with van der Waals surface area (Å²) in [5.74, 6) is 0. The molecule has 0 saturated carbocycles. The number of aliphatic hydroxyl groups excluding tert-OH is 1. The molecule has 1 aromatic heterocycles. The van der Waals surface area contributed by atoms with Crippen molar-refractivity contribution in [2.45, 2.75) is 13.0 Å². The van der Waals surface area contributed by atoms with Crippen LogP contribution >= 0.6 is 43.2 Å². The lowest BCUT2D eigenvalue weighted by molar-refractivity contribution is 0.286. The Morgan fingerprint density at radius 1 is 1.46 bits per heavy atom. The summed E-state index contributed by atoms with van der Waals surface area (Å²) in [5.41, 5.74) is 0. The molecule has 2 nitrogen and oxygen atoms in total. The molecule has 0 radical (unpaired) electrons. The maximum absolute atomic E-state index is 8.56. The van der Waals surface area contributed by atoms with Gasteiger partial charge in [0.2, 0.25) is 0 Å². The third-order valence-electron chi connectivity index (χ3n) is 1.51. The second-order valence-corrected chi connectivity index (χ2v) is 5.90. The Bertz CT molecular complexity index is 245. The SMILES string of the molecule is OCCCNCc1cc(Br)c(Br)s1. The van der Waals surface area contributed by atoms with Crippen molar-refractivity contribution >= 4 is 43.2 Å². The number of hydrogen-bond donors (Lipinski definition) is 2. The summed E-state index contributed by atoms with van der Waals surface area (Å²) in [7, 11) is 0. The maximum atomic E-state index is 8.56. The second-order valence-electron chi connectivity index (χ2n) is 2.59. The van der Waals surface area contributed by atoms with Crippen molar-refractivity contribution in [3.05, 3.63) is 19.2 Å². The molecule has 0 aliphatic rings. The molecule has 0 atom stereocenters. The van der Waals surface area contributed by atoms with Gasteiger partial charge in [-0.3, -0.25) is 0 Å². The largest absolute Gasteiger partial charge is 0.396 e. The molecule has 0 aliphatic heterocycles. The zero-order chi connectivity index (χ0) is 9.68. The summed E-state index contributed by atoms with van der Waals surface area (Å²) >= 11 is 8.59. The molecular weight excluding hydrogens is 318 g/mol. The molecule has 2 N–H and O–H groups in total. The molecule has 1 aromatic rings. The van der Waals surface area contributed by atoms with E-state index in [0.29, 0.717) is 0 Å². The first-order valence-electron chi connectivity index (χ1n) is 3.99. The van der Waals surface area contributed by atoms with Crippen LogP contribution < -0.4 is 5.32 Å². The molecule has 0 bridgehead atoms. The summed E-state index contributed by atoms with van der Waals surface area (Å²) < 4.78 is 2.24. The minimum Gasteiger partial charge on any atom is -0.396 e. The zero-order valence-electron chi connectivity index (χ0n) is 7.02. The van der Waals surface area contributed by atoms with Gasteiger partial charge in [0, 0.05) is 22.5 Å². The van der Waals surface area contributed by atoms with E-state index in [1.165, 1.54) is 4.88 Å². The molecule has 1 heterocycles. The van der Waals surface area contributed by atoms with Crippen LogP contribution in [0.1, 0.15) is 11.3 Å². The van der Waals surface area contributed by atoms with Crippen molar-refractivity contribution in [2.75, 3.05) is 13.2 Å². The first-order valence-corrected chi connectivity index (χ1v) is 6.39. The molecule has 0 saturated heterocycles. The Hall–Kier alpha value is 0.580. The molecular formula is C8H11Br2NOS. The third kappa shape index (κ3) is 4.08. The molecule has 13 heavy (non-hydrogen) atoms. The van der Waals surface area contributed by atoms with Gasteiger partial charge in [-0.05, 0) is 50.9 Å². The Morgan fingerprint density at radius 2 is 2.23 bits per heavy atom. The molecule has 5 heteroatoms. The van der Waals surface area contributed by atoms with Gasteiger partial charge in [-0.1, -0.05) is 0 Å². The highest BCUT2D eigenvalue weighted by molar-refractivity contribution is 9.13. The van der Waals surface area contributed by atoms with E-state index < -0.39 is 0 Å². The smallest absolute Gasteiger partial charge is 0.0843 e. The quantitative estimate of drug-likeness (QED) is 0.815. The first-order chi connectivity index (χ1) is 6.24. The van der Waals surface area contributed by atoms with E-state index in [1.54, 1.807) is 11.3 Å². The molecule has 0 aliphatic carbocycles. The van der Waals surface area contributed by atoms with Gasteiger partial charge < -0.3 is 10.4 Å². The van der Waals surface area contributed by atoms with Crippen molar-refractivity contribution in [1.29, 1.82) is 0 Å². The van der Waals surface area contributed by atoms with Crippen LogP contribution in [-0.4, -0.2) is 18.3 Å². The van der Waals surface area contributed by atoms with E-state index in [-0.39, 0.29) is 6.61 Å². The van der Waals surface area contributed by atoms with Crippen LogP contribution in [0.5, 0.6) is 0 Å². The normalized spacial score (nSPS) is 10.7. The lowest BCUT2D eigenvalue weighted by atomic mass is 10.4. The molecule has 0 aromatic carbocycles. The van der Waals surface area contributed by atoms with Crippen LogP contribution in [-0.2, 0) is 6.54 Å². The van der Waals surface area contributed by atoms with Crippen LogP contribution in [0.4, 0.5) is 0 Å². The molecule has 1 rings (SSSR count). The van der Waals surface area contributed by atoms with Crippen molar-refractivity contribution in [3.63, 3.8) is 0 Å². The van der Waals surface area contributed by atoms with Gasteiger partial charge in [0.05, 0.1) is 3.79 Å². The van der Waals surface area contributed by atoms with E-state index in [1.807, 2.05) is 0 Å². The fourth-order valence-electron chi connectivity index (χ4n) is 0.894. The third-order valence-corrected chi connectivity index (χ3v) is 4.76. The molecule has 0 unspecified atom stereocenters. The van der Waals surface area contributed by atoms with Gasteiger partial charge in [0.25, 0.3) is 0 Å². The fraction of sp³-hybridized carbons (Fsp3) is 0.500. The standard InChI is InChI=1S/C8H11Br2NOS/c9-7-4-6(13-8(7)10)5-11-2-1-3-12/h4,11-12H,1-3,5H2. The molecule has 0 spiro atoms. The van der Waals surface area contributed by atoms with Gasteiger partial charge >= 0.3 is 0 Å². The van der Waals surface area contributed by atoms with E-state index >= 15 is 0 Å². The highest BCUT2D eigenvalue weighted by Crippen LogP contribution is 2.32. The summed E-state index contributed by atoms with van der Waals surface area (Å²) in [6.45, 7) is 1.99. The van der Waals surface area contributed by atoms with Crippen LogP contribution in [0, 0.1) is 0 Å². The van der Waals surface area contributed by atoms with E-state index in [0.717, 1.165) is 27.8 Å². The minimum absolute atomic E-state index is 0.255. The zero-order valence-corrected chi connectivity index (χ0v) is 11.0. The Balaban J connectivity index is 2.29. The number of aliphatic hydroxyl groups is 1. The Morgan fingerprint density at radius 3 is 2.77 bits per heavy atom. The summed E-state index contributed by atoms with van der Waals surface area (Å²) in [4.78, 5) is 1.29. The predicted molar refractivity (Wildman–Crippen MR) is 63.1 cm³/mol. The Labute approximate surface area is 98.6 Å². The number of halogens is 2. The van der Waals surface area contributed by atoms with Crippen LogP contribution in [0.3, 0.4) is 0 Å². The van der Waals surface area contributed by atoms with Crippen LogP contribution in [0.15, 0.2) is 14.3 Å². The summed E-state index contributed by atoms with van der Waals surface area (Å²) in [6, 6.07) is 2.10. The summed E-state index contributed by atoms with van der Waals surface area (Å²) in [6.07, 6.45) is 0.813. The van der Waals surface area contributed by atoms with Crippen molar-refractivity contribution in [2.24, 2.45) is 0 Å². The van der Waals surface area contributed by atoms with Gasteiger partial charge in [-0.25, -0.2) is 0 Å². The van der Waals surface area contributed by atoms with Crippen LogP contribution in [0.25, 0.3) is 0 Å². The number of hydrogen-bond acceptors (Lipinski definition) is 3. The van der Waals surface area contributed by atoms with Crippen molar-refractivity contribution in [1.82, 2.24) is 5.32 Å². The molecule has 0 amide bonds. The van der Waals surface area contributed by atoms with Crippen molar-refractivity contribution < 1.29 is 5.11 Å². The Kier molecular flexibility index (Phi) is 5.50. The number of nitrogens with one attached hydrogen (secondary N) is 1. The van der Waals surface area contributed by atoms with Crippen molar-refractivity contribution in [3.8, 4) is 0 Å². The summed E-state index contributed by atoms with van der Waals surface area (Å²) in [5, 5.41) is 11.8. The van der Waals surface area contributed by atoms with E-state index in [2.05, 4.69) is 43.2 Å². The monoisotopic (exact) mass is 327 g/mol. The average molecular weight is 329 g/mol. The van der Waals surface area contributed by atoms with Gasteiger partial charge in [-0.2, -0.15) is 0 Å². The predicted octanol–water partition coefficient (Wildman–Crippen LogP) is 2.75. The highest BCUT2D eigenvalue weighted by atomic mass is 79.9. The first kappa shape index (κ1) is 11.7. The lowest BCUT2D eigenvalue weighted by Gasteiger charge is -1.99. The van der Waals surface area contributed by atoms with Crippen LogP contribution in [0.2, 0.25) is 0 Å². The lowest BCUT2D eigenvalue weighted by Crippen LogP contribution is -2.14. The fourth-order valence-corrected chi connectivity index (χ4v) is 3.04. The topological polar surface area (TPSA) is 32.3 Å². The minimum atomic E-state index is 0.255. The average Bonchev–Trinajstić information content (AvgIpc) is 2.41. The highest BCUT2D eigenvalue weighted by Gasteiger charge is 2.02. The van der Waals surface area contributed by atoms with E-state index in [4.69, 9.17) is 5.11 Å². The maximum Gasteiger partial charge on any atom is 0.0843 e. The van der Waals surface area contributed by atoms with Gasteiger partial charge in [-0.15, -0.1) is 11.3 Å². The molecule has 74 valence electrons. The number of thiophene rings is 1.